The van der Waals surface area contributed by atoms with E-state index < -0.39 is 0 Å². The fourth-order valence-corrected chi connectivity index (χ4v) is 4.99. The number of hydrogen-bond donors (Lipinski definition) is 0. The Balaban J connectivity index is 1.24. The molecule has 1 saturated heterocycles. The van der Waals surface area contributed by atoms with Crippen LogP contribution in [0.4, 0.5) is 10.1 Å². The largest absolute Gasteiger partial charge is 0.368 e. The molecule has 0 N–H and O–H groups in total. The van der Waals surface area contributed by atoms with E-state index in [-0.39, 0.29) is 5.82 Å². The minimum atomic E-state index is -0.203. The van der Waals surface area contributed by atoms with Crippen molar-refractivity contribution < 1.29 is 4.39 Å². The van der Waals surface area contributed by atoms with Crippen LogP contribution in [0.2, 0.25) is 0 Å². The van der Waals surface area contributed by atoms with E-state index >= 15 is 0 Å². The highest BCUT2D eigenvalue weighted by atomic mass is 32.1. The van der Waals surface area contributed by atoms with Crippen LogP contribution in [0.5, 0.6) is 0 Å². The van der Waals surface area contributed by atoms with E-state index in [1.807, 2.05) is 24.5 Å². The van der Waals surface area contributed by atoms with Crippen molar-refractivity contribution in [1.82, 2.24) is 19.0 Å². The molecule has 0 atom stereocenters. The summed E-state index contributed by atoms with van der Waals surface area (Å²) in [5, 5.41) is 0. The molecule has 2 aliphatic rings. The molecule has 0 aliphatic carbocycles. The van der Waals surface area contributed by atoms with E-state index in [1.54, 1.807) is 0 Å². The quantitative estimate of drug-likeness (QED) is 0.380. The second-order valence-electron chi connectivity index (χ2n) is 8.25. The summed E-state index contributed by atoms with van der Waals surface area (Å²) in [6, 6.07) is 17.3. The number of imidazole rings is 1. The monoisotopic (exact) mass is 443 g/mol. The molecule has 7 heteroatoms. The fourth-order valence-electron chi connectivity index (χ4n) is 4.70. The van der Waals surface area contributed by atoms with Crippen molar-refractivity contribution >= 4 is 22.9 Å². The highest BCUT2D eigenvalue weighted by molar-refractivity contribution is 7.80. The van der Waals surface area contributed by atoms with E-state index in [9.17, 15) is 4.39 Å². The van der Waals surface area contributed by atoms with Gasteiger partial charge in [0.1, 0.15) is 10.8 Å². The number of hydrogen-bond acceptors (Lipinski definition) is 3. The van der Waals surface area contributed by atoms with Crippen molar-refractivity contribution in [2.45, 2.75) is 6.54 Å². The zero-order chi connectivity index (χ0) is 21.7. The van der Waals surface area contributed by atoms with Crippen LogP contribution >= 0.6 is 12.2 Å². The van der Waals surface area contributed by atoms with Crippen molar-refractivity contribution in [3.05, 3.63) is 90.1 Å². The van der Waals surface area contributed by atoms with Gasteiger partial charge in [0, 0.05) is 62.6 Å². The van der Waals surface area contributed by atoms with Crippen LogP contribution in [0, 0.1) is 5.82 Å². The summed E-state index contributed by atoms with van der Waals surface area (Å²) in [6.07, 6.45) is 6.02. The van der Waals surface area contributed by atoms with Crippen LogP contribution in [0.3, 0.4) is 0 Å². The van der Waals surface area contributed by atoms with E-state index in [2.05, 4.69) is 60.4 Å². The lowest BCUT2D eigenvalue weighted by Gasteiger charge is -2.37. The number of halogens is 1. The highest BCUT2D eigenvalue weighted by Gasteiger charge is 2.24. The van der Waals surface area contributed by atoms with Crippen LogP contribution in [0.1, 0.15) is 11.1 Å². The molecule has 5 nitrogen and oxygen atoms in total. The molecule has 2 aromatic carbocycles. The number of rotatable bonds is 2. The predicted octanol–water partition coefficient (Wildman–Crippen LogP) is 4.34. The summed E-state index contributed by atoms with van der Waals surface area (Å²) in [5.41, 5.74) is 5.61. The maximum absolute atomic E-state index is 13.2. The minimum absolute atomic E-state index is 0.203. The van der Waals surface area contributed by atoms with Crippen LogP contribution in [0.25, 0.3) is 17.2 Å². The first kappa shape index (κ1) is 19.3. The van der Waals surface area contributed by atoms with Crippen LogP contribution in [0.15, 0.2) is 73.2 Å². The molecule has 0 spiro atoms. The van der Waals surface area contributed by atoms with Gasteiger partial charge in [-0.05, 0) is 42.0 Å². The molecule has 4 heterocycles. The number of para-hydroxylation sites is 1. The molecule has 0 unspecified atom stereocenters. The number of nitrogens with zero attached hydrogens (tertiary/aromatic N) is 5. The topological polar surface area (TPSA) is 29.2 Å². The average molecular weight is 444 g/mol. The van der Waals surface area contributed by atoms with Crippen LogP contribution in [-0.2, 0) is 6.54 Å². The van der Waals surface area contributed by atoms with Gasteiger partial charge >= 0.3 is 0 Å². The Morgan fingerprint density at radius 1 is 0.969 bits per heavy atom. The smallest absolute Gasteiger partial charge is 0.161 e. The number of benzene rings is 2. The molecule has 0 amide bonds. The van der Waals surface area contributed by atoms with Crippen molar-refractivity contribution in [2.75, 3.05) is 31.1 Å². The molecule has 1 fully saturated rings. The van der Waals surface area contributed by atoms with Crippen LogP contribution < -0.4 is 4.90 Å². The molecule has 160 valence electrons. The third-order valence-electron chi connectivity index (χ3n) is 6.36. The zero-order valence-electron chi connectivity index (χ0n) is 17.5. The van der Waals surface area contributed by atoms with Gasteiger partial charge < -0.3 is 14.4 Å². The summed E-state index contributed by atoms with van der Waals surface area (Å²) in [4.78, 5) is 10.1. The molecular weight excluding hydrogens is 421 g/mol. The third kappa shape index (κ3) is 3.20. The molecule has 32 heavy (non-hydrogen) atoms. The van der Waals surface area contributed by atoms with E-state index in [0.717, 1.165) is 60.5 Å². The summed E-state index contributed by atoms with van der Waals surface area (Å²) in [5.74, 6) is 0.732. The second-order valence-corrected chi connectivity index (χ2v) is 8.63. The Bertz CT molecular complexity index is 1300. The van der Waals surface area contributed by atoms with Gasteiger partial charge in [0.2, 0.25) is 0 Å². The maximum Gasteiger partial charge on any atom is 0.161 e. The average Bonchev–Trinajstić information content (AvgIpc) is 3.45. The summed E-state index contributed by atoms with van der Waals surface area (Å²) >= 11 is 5.91. The van der Waals surface area contributed by atoms with Gasteiger partial charge in [0.25, 0.3) is 0 Å². The van der Waals surface area contributed by atoms with Gasteiger partial charge in [0.05, 0.1) is 11.4 Å². The lowest BCUT2D eigenvalue weighted by molar-refractivity contribution is 0.392. The van der Waals surface area contributed by atoms with Crippen molar-refractivity contribution in [3.63, 3.8) is 0 Å². The molecule has 0 bridgehead atoms. The molecule has 2 aromatic heterocycles. The van der Waals surface area contributed by atoms with Crippen molar-refractivity contribution in [2.24, 2.45) is 0 Å². The van der Waals surface area contributed by atoms with Gasteiger partial charge in [-0.2, -0.15) is 0 Å². The second kappa shape index (κ2) is 7.60. The molecule has 0 radical (unpaired) electrons. The Labute approximate surface area is 191 Å². The minimum Gasteiger partial charge on any atom is -0.368 e. The number of anilines is 1. The number of thiocarbonyl (C=S) groups is 1. The van der Waals surface area contributed by atoms with Gasteiger partial charge in [-0.3, -0.25) is 4.57 Å². The predicted molar refractivity (Wildman–Crippen MR) is 128 cm³/mol. The molecule has 2 aliphatic heterocycles. The van der Waals surface area contributed by atoms with Gasteiger partial charge in [-0.15, -0.1) is 0 Å². The first-order chi connectivity index (χ1) is 15.7. The normalized spacial score (nSPS) is 15.0. The summed E-state index contributed by atoms with van der Waals surface area (Å²) < 4.78 is 17.6. The van der Waals surface area contributed by atoms with E-state index in [1.165, 1.54) is 23.4 Å². The maximum atomic E-state index is 13.2. The molecule has 4 aromatic rings. The number of aromatic nitrogens is 3. The van der Waals surface area contributed by atoms with E-state index in [0.29, 0.717) is 0 Å². The third-order valence-corrected chi connectivity index (χ3v) is 6.86. The summed E-state index contributed by atoms with van der Waals surface area (Å²) in [7, 11) is 0. The molecule has 0 saturated carbocycles. The van der Waals surface area contributed by atoms with Crippen LogP contribution in [-0.4, -0.2) is 50.2 Å². The van der Waals surface area contributed by atoms with Gasteiger partial charge in [-0.25, -0.2) is 9.37 Å². The molecular formula is C25H22FN5S. The lowest BCUT2D eigenvalue weighted by Crippen LogP contribution is -2.48. The zero-order valence-corrected chi connectivity index (χ0v) is 18.3. The summed E-state index contributed by atoms with van der Waals surface area (Å²) in [6.45, 7) is 4.19. The first-order valence-corrected chi connectivity index (χ1v) is 11.2. The Morgan fingerprint density at radius 3 is 2.56 bits per heavy atom. The highest BCUT2D eigenvalue weighted by Crippen LogP contribution is 2.31. The van der Waals surface area contributed by atoms with E-state index in [4.69, 9.17) is 12.2 Å². The Hall–Kier alpha value is -3.45. The Kier molecular flexibility index (Phi) is 4.57. The number of piperazine rings is 1. The van der Waals surface area contributed by atoms with Crippen molar-refractivity contribution in [3.8, 4) is 17.2 Å². The van der Waals surface area contributed by atoms with Crippen molar-refractivity contribution in [1.29, 1.82) is 0 Å². The first-order valence-electron chi connectivity index (χ1n) is 10.8. The SMILES string of the molecule is Fc1ccc(N2CCN(C(=S)c3cc4n(c3)Cc3ccccc3-n3ccnc3-4)CC2)cc1. The Morgan fingerprint density at radius 2 is 1.75 bits per heavy atom. The number of fused-ring (bicyclic) bond motifs is 5. The van der Waals surface area contributed by atoms with Gasteiger partial charge in [0.15, 0.2) is 5.82 Å². The molecule has 6 rings (SSSR count). The van der Waals surface area contributed by atoms with Gasteiger partial charge in [-0.1, -0.05) is 30.4 Å². The lowest BCUT2D eigenvalue weighted by atomic mass is 10.1. The standard InChI is InChI=1S/C25H22FN5S/c26-20-5-7-21(8-6-20)28-11-13-29(14-12-28)25(32)19-15-23-24-27-9-10-31(24)22-4-2-1-3-18(22)16-30(23)17-19/h1-10,15,17H,11-14,16H2. The fraction of sp³-hybridized carbons (Fsp3) is 0.200.